The lowest BCUT2D eigenvalue weighted by Crippen LogP contribution is -2.07. The molecule has 0 spiro atoms. The van der Waals surface area contributed by atoms with E-state index in [-0.39, 0.29) is 12.5 Å². The zero-order valence-electron chi connectivity index (χ0n) is 15.1. The molecule has 3 aromatic rings. The monoisotopic (exact) mass is 386 g/mol. The largest absolute Gasteiger partial charge is 0.497 e. The zero-order chi connectivity index (χ0) is 19.2. The fraction of sp³-hybridized carbons (Fsp3) is 0.211. The molecular weight excluding hydrogens is 368 g/mol. The number of ether oxygens (including phenoxy) is 3. The van der Waals surface area contributed by atoms with Gasteiger partial charge >= 0.3 is 5.97 Å². The summed E-state index contributed by atoms with van der Waals surface area (Å²) in [6.07, 6.45) is 1.95. The van der Waals surface area contributed by atoms with Crippen molar-refractivity contribution in [3.8, 4) is 22.9 Å². The van der Waals surface area contributed by atoms with Crippen LogP contribution in [0.3, 0.4) is 0 Å². The van der Waals surface area contributed by atoms with Gasteiger partial charge in [-0.25, -0.2) is 4.79 Å². The average molecular weight is 386 g/mol. The van der Waals surface area contributed by atoms with E-state index in [9.17, 15) is 4.79 Å². The zero-order valence-corrected chi connectivity index (χ0v) is 15.9. The van der Waals surface area contributed by atoms with Crippen LogP contribution in [0.15, 0.2) is 51.9 Å². The summed E-state index contributed by atoms with van der Waals surface area (Å²) in [6.45, 7) is -0.136. The number of benzene rings is 2. The summed E-state index contributed by atoms with van der Waals surface area (Å²) < 4.78 is 20.9. The predicted molar refractivity (Wildman–Crippen MR) is 100 cm³/mol. The normalized spacial score (nSPS) is 10.5. The number of thioether (sulfide) groups is 1. The summed E-state index contributed by atoms with van der Waals surface area (Å²) >= 11 is 1.56. The van der Waals surface area contributed by atoms with Crippen molar-refractivity contribution in [3.63, 3.8) is 0 Å². The average Bonchev–Trinajstić information content (AvgIpc) is 3.20. The van der Waals surface area contributed by atoms with Crippen LogP contribution < -0.4 is 9.47 Å². The number of nitrogens with zero attached hydrogens (tertiary/aromatic N) is 2. The number of hydrogen-bond acceptors (Lipinski definition) is 8. The van der Waals surface area contributed by atoms with Gasteiger partial charge in [-0.3, -0.25) is 0 Å². The minimum atomic E-state index is -0.527. The van der Waals surface area contributed by atoms with Gasteiger partial charge < -0.3 is 18.7 Å². The molecule has 140 valence electrons. The van der Waals surface area contributed by atoms with Gasteiger partial charge in [-0.05, 0) is 36.6 Å². The summed E-state index contributed by atoms with van der Waals surface area (Å²) in [5, 5.41) is 3.91. The highest BCUT2D eigenvalue weighted by molar-refractivity contribution is 7.98. The Balaban J connectivity index is 1.69. The minimum Gasteiger partial charge on any atom is -0.497 e. The first-order chi connectivity index (χ1) is 13.1. The molecule has 1 heterocycles. The quantitative estimate of drug-likeness (QED) is 0.447. The number of rotatable bonds is 7. The Morgan fingerprint density at radius 1 is 1.15 bits per heavy atom. The van der Waals surface area contributed by atoms with Gasteiger partial charge in [0.15, 0.2) is 6.61 Å². The van der Waals surface area contributed by atoms with Crippen LogP contribution in [0.25, 0.3) is 11.4 Å². The SMILES string of the molecule is COc1cccc(-c2noc(COC(=O)c3ccc(SC)cc3OC)n2)c1. The van der Waals surface area contributed by atoms with E-state index in [0.29, 0.717) is 22.9 Å². The molecule has 0 saturated heterocycles. The van der Waals surface area contributed by atoms with Crippen molar-refractivity contribution in [2.45, 2.75) is 11.5 Å². The van der Waals surface area contributed by atoms with E-state index < -0.39 is 5.97 Å². The molecule has 0 bridgehead atoms. The van der Waals surface area contributed by atoms with Crippen LogP contribution in [0.4, 0.5) is 0 Å². The molecule has 0 aliphatic carbocycles. The topological polar surface area (TPSA) is 83.7 Å². The molecule has 1 aromatic heterocycles. The summed E-state index contributed by atoms with van der Waals surface area (Å²) in [6, 6.07) is 12.6. The highest BCUT2D eigenvalue weighted by Gasteiger charge is 2.17. The van der Waals surface area contributed by atoms with E-state index in [0.717, 1.165) is 10.5 Å². The lowest BCUT2D eigenvalue weighted by Gasteiger charge is -2.09. The second kappa shape index (κ2) is 8.59. The first kappa shape index (κ1) is 18.8. The van der Waals surface area contributed by atoms with E-state index in [1.165, 1.54) is 7.11 Å². The highest BCUT2D eigenvalue weighted by atomic mass is 32.2. The summed E-state index contributed by atoms with van der Waals surface area (Å²) in [5.74, 6) is 1.20. The van der Waals surface area contributed by atoms with Crippen LogP contribution in [0.1, 0.15) is 16.2 Å². The first-order valence-electron chi connectivity index (χ1n) is 8.00. The van der Waals surface area contributed by atoms with Crippen molar-refractivity contribution in [3.05, 3.63) is 53.9 Å². The van der Waals surface area contributed by atoms with E-state index in [1.54, 1.807) is 37.1 Å². The van der Waals surface area contributed by atoms with Gasteiger partial charge in [0, 0.05) is 10.5 Å². The lowest BCUT2D eigenvalue weighted by atomic mass is 10.2. The molecule has 0 amide bonds. The van der Waals surface area contributed by atoms with E-state index in [1.807, 2.05) is 30.5 Å². The predicted octanol–water partition coefficient (Wildman–Crippen LogP) is 3.83. The second-order valence-corrected chi connectivity index (χ2v) is 6.27. The van der Waals surface area contributed by atoms with Crippen molar-refractivity contribution in [1.82, 2.24) is 10.1 Å². The van der Waals surface area contributed by atoms with Crippen LogP contribution in [0.2, 0.25) is 0 Å². The Morgan fingerprint density at radius 2 is 2.00 bits per heavy atom. The van der Waals surface area contributed by atoms with Gasteiger partial charge in [-0.15, -0.1) is 11.8 Å². The minimum absolute atomic E-state index is 0.136. The van der Waals surface area contributed by atoms with E-state index in [2.05, 4.69) is 10.1 Å². The third-order valence-electron chi connectivity index (χ3n) is 3.75. The standard InChI is InChI=1S/C19H18N2O5S/c1-23-13-6-4-5-12(9-13)18-20-17(26-21-18)11-25-19(22)15-8-7-14(27-3)10-16(15)24-2/h4-10H,11H2,1-3H3. The molecular formula is C19H18N2O5S. The van der Waals surface area contributed by atoms with Gasteiger partial charge in [-0.1, -0.05) is 17.3 Å². The molecule has 3 rings (SSSR count). The summed E-state index contributed by atoms with van der Waals surface area (Å²) in [5.41, 5.74) is 1.08. The highest BCUT2D eigenvalue weighted by Crippen LogP contribution is 2.26. The molecule has 8 heteroatoms. The number of hydrogen-bond donors (Lipinski definition) is 0. The molecule has 7 nitrogen and oxygen atoms in total. The van der Waals surface area contributed by atoms with Crippen LogP contribution in [-0.2, 0) is 11.3 Å². The fourth-order valence-corrected chi connectivity index (χ4v) is 2.79. The fourth-order valence-electron chi connectivity index (χ4n) is 2.37. The molecule has 27 heavy (non-hydrogen) atoms. The number of methoxy groups -OCH3 is 2. The van der Waals surface area contributed by atoms with Gasteiger partial charge in [0.1, 0.15) is 17.1 Å². The second-order valence-electron chi connectivity index (χ2n) is 5.39. The Morgan fingerprint density at radius 3 is 2.74 bits per heavy atom. The molecule has 2 aromatic carbocycles. The Bertz CT molecular complexity index is 941. The number of aromatic nitrogens is 2. The van der Waals surface area contributed by atoms with Crippen molar-refractivity contribution in [1.29, 1.82) is 0 Å². The summed E-state index contributed by atoms with van der Waals surface area (Å²) in [7, 11) is 3.09. The molecule has 0 aliphatic rings. The van der Waals surface area contributed by atoms with Crippen LogP contribution in [-0.4, -0.2) is 36.6 Å². The molecule has 0 saturated carbocycles. The van der Waals surface area contributed by atoms with E-state index in [4.69, 9.17) is 18.7 Å². The van der Waals surface area contributed by atoms with Crippen LogP contribution in [0, 0.1) is 0 Å². The molecule has 0 aliphatic heterocycles. The van der Waals surface area contributed by atoms with Gasteiger partial charge in [0.2, 0.25) is 5.82 Å². The Hall–Kier alpha value is -3.00. The smallest absolute Gasteiger partial charge is 0.342 e. The van der Waals surface area contributed by atoms with Crippen molar-refractivity contribution < 1.29 is 23.5 Å². The number of esters is 1. The van der Waals surface area contributed by atoms with Gasteiger partial charge in [0.05, 0.1) is 14.2 Å². The number of carbonyl (C=O) groups excluding carboxylic acids is 1. The van der Waals surface area contributed by atoms with Crippen molar-refractivity contribution in [2.24, 2.45) is 0 Å². The number of carbonyl (C=O) groups is 1. The third-order valence-corrected chi connectivity index (χ3v) is 4.48. The molecule has 0 atom stereocenters. The van der Waals surface area contributed by atoms with Crippen molar-refractivity contribution >= 4 is 17.7 Å². The lowest BCUT2D eigenvalue weighted by molar-refractivity contribution is 0.0426. The van der Waals surface area contributed by atoms with Crippen molar-refractivity contribution in [2.75, 3.05) is 20.5 Å². The van der Waals surface area contributed by atoms with Crippen LogP contribution in [0.5, 0.6) is 11.5 Å². The Kier molecular flexibility index (Phi) is 5.97. The van der Waals surface area contributed by atoms with Crippen LogP contribution >= 0.6 is 11.8 Å². The maximum Gasteiger partial charge on any atom is 0.342 e. The maximum absolute atomic E-state index is 12.3. The summed E-state index contributed by atoms with van der Waals surface area (Å²) in [4.78, 5) is 17.6. The molecule has 0 N–H and O–H groups in total. The van der Waals surface area contributed by atoms with E-state index >= 15 is 0 Å². The third kappa shape index (κ3) is 4.40. The maximum atomic E-state index is 12.3. The van der Waals surface area contributed by atoms with Gasteiger partial charge in [0.25, 0.3) is 5.89 Å². The molecule has 0 radical (unpaired) electrons. The molecule has 0 fully saturated rings. The molecule has 0 unspecified atom stereocenters. The Labute approximate surface area is 160 Å². The first-order valence-corrected chi connectivity index (χ1v) is 9.23. The van der Waals surface area contributed by atoms with Gasteiger partial charge in [-0.2, -0.15) is 4.98 Å².